The van der Waals surface area contributed by atoms with Gasteiger partial charge in [-0.15, -0.1) is 12.6 Å². The van der Waals surface area contributed by atoms with Gasteiger partial charge in [0.25, 0.3) is 0 Å². The molecule has 0 amide bonds. The van der Waals surface area contributed by atoms with Gasteiger partial charge in [-0.2, -0.15) is 0 Å². The average Bonchev–Trinajstić information content (AvgIpc) is 2.32. The Morgan fingerprint density at radius 1 is 1.15 bits per heavy atom. The summed E-state index contributed by atoms with van der Waals surface area (Å²) in [6.45, 7) is 0. The fraction of sp³-hybridized carbons (Fsp3) is 0.909. The Hall–Kier alpha value is 0.0200. The number of hydrogen-bond acceptors (Lipinski definition) is 1. The zero-order valence-electron chi connectivity index (χ0n) is 8.30. The lowest BCUT2D eigenvalue weighted by molar-refractivity contribution is -0.110. The second-order valence-electron chi connectivity index (χ2n) is 4.14. The number of carbonyl (C=O) groups is 1. The van der Waals surface area contributed by atoms with Crippen molar-refractivity contribution in [1.82, 2.24) is 0 Å². The molecule has 0 aromatic rings. The van der Waals surface area contributed by atoms with Gasteiger partial charge in [-0.25, -0.2) is 0 Å². The molecule has 2 heteroatoms. The van der Waals surface area contributed by atoms with E-state index >= 15 is 0 Å². The third-order valence-corrected chi connectivity index (χ3v) is 3.20. The molecular formula is C11H20OS. The summed E-state index contributed by atoms with van der Waals surface area (Å²) in [6.07, 6.45) is 11.4. The smallest absolute Gasteiger partial charge is 0.185 e. The van der Waals surface area contributed by atoms with Crippen molar-refractivity contribution in [3.8, 4) is 0 Å². The monoisotopic (exact) mass is 200 g/mol. The second-order valence-corrected chi connectivity index (χ2v) is 4.64. The molecule has 0 saturated heterocycles. The molecule has 1 nitrogen and oxygen atoms in total. The van der Waals surface area contributed by atoms with Crippen molar-refractivity contribution in [2.45, 2.75) is 57.8 Å². The van der Waals surface area contributed by atoms with Crippen molar-refractivity contribution in [2.24, 2.45) is 5.92 Å². The first-order valence-corrected chi connectivity index (χ1v) is 5.95. The zero-order valence-corrected chi connectivity index (χ0v) is 9.19. The molecule has 1 rings (SSSR count). The number of hydrogen-bond donors (Lipinski definition) is 1. The van der Waals surface area contributed by atoms with Gasteiger partial charge in [-0.1, -0.05) is 38.5 Å². The minimum Gasteiger partial charge on any atom is -0.288 e. The van der Waals surface area contributed by atoms with Crippen LogP contribution in [0.1, 0.15) is 57.8 Å². The molecule has 1 saturated carbocycles. The van der Waals surface area contributed by atoms with Crippen molar-refractivity contribution < 1.29 is 4.79 Å². The summed E-state index contributed by atoms with van der Waals surface area (Å²) in [4.78, 5) is 10.6. The van der Waals surface area contributed by atoms with E-state index in [0.717, 1.165) is 12.3 Å². The number of carbonyl (C=O) groups excluding carboxylic acids is 1. The maximum absolute atomic E-state index is 10.6. The predicted octanol–water partition coefficient (Wildman–Crippen LogP) is 3.58. The Labute approximate surface area is 86.7 Å². The fourth-order valence-electron chi connectivity index (χ4n) is 2.19. The van der Waals surface area contributed by atoms with Crippen molar-refractivity contribution in [1.29, 1.82) is 0 Å². The first-order chi connectivity index (χ1) is 6.29. The van der Waals surface area contributed by atoms with Crippen LogP contribution in [-0.4, -0.2) is 5.12 Å². The molecule has 0 bridgehead atoms. The normalized spacial score (nSPS) is 19.8. The molecule has 76 valence electrons. The van der Waals surface area contributed by atoms with Gasteiger partial charge in [0.15, 0.2) is 5.12 Å². The van der Waals surface area contributed by atoms with Crippen molar-refractivity contribution >= 4 is 17.7 Å². The topological polar surface area (TPSA) is 17.1 Å². The average molecular weight is 200 g/mol. The molecule has 1 aliphatic carbocycles. The lowest BCUT2D eigenvalue weighted by atomic mass is 9.94. The van der Waals surface area contributed by atoms with Gasteiger partial charge in [-0.3, -0.25) is 4.79 Å². The maximum Gasteiger partial charge on any atom is 0.185 e. The van der Waals surface area contributed by atoms with E-state index in [9.17, 15) is 4.79 Å². The molecule has 0 radical (unpaired) electrons. The van der Waals surface area contributed by atoms with Gasteiger partial charge in [0.05, 0.1) is 0 Å². The van der Waals surface area contributed by atoms with E-state index in [-0.39, 0.29) is 5.12 Å². The summed E-state index contributed by atoms with van der Waals surface area (Å²) < 4.78 is 0. The summed E-state index contributed by atoms with van der Waals surface area (Å²) in [5.41, 5.74) is 0. The van der Waals surface area contributed by atoms with Crippen molar-refractivity contribution in [3.05, 3.63) is 0 Å². The highest BCUT2D eigenvalue weighted by molar-refractivity contribution is 7.96. The second kappa shape index (κ2) is 6.47. The molecule has 0 aromatic carbocycles. The van der Waals surface area contributed by atoms with E-state index in [4.69, 9.17) is 0 Å². The molecule has 0 aliphatic heterocycles. The Balaban J connectivity index is 2.08. The van der Waals surface area contributed by atoms with Crippen LogP contribution in [0.2, 0.25) is 0 Å². The minimum absolute atomic E-state index is 0.0496. The van der Waals surface area contributed by atoms with Crippen LogP contribution in [0.15, 0.2) is 0 Å². The highest BCUT2D eigenvalue weighted by Gasteiger charge is 2.11. The van der Waals surface area contributed by atoms with Gasteiger partial charge in [0.2, 0.25) is 0 Å². The highest BCUT2D eigenvalue weighted by Crippen LogP contribution is 2.26. The quantitative estimate of drug-likeness (QED) is 0.542. The largest absolute Gasteiger partial charge is 0.288 e. The van der Waals surface area contributed by atoms with Crippen LogP contribution in [0.4, 0.5) is 0 Å². The molecule has 0 heterocycles. The molecule has 0 spiro atoms. The van der Waals surface area contributed by atoms with Crippen LogP contribution in [0.5, 0.6) is 0 Å². The number of thiol groups is 1. The van der Waals surface area contributed by atoms with Gasteiger partial charge in [-0.05, 0) is 18.8 Å². The summed E-state index contributed by atoms with van der Waals surface area (Å²) in [7, 11) is 0. The van der Waals surface area contributed by atoms with Crippen LogP contribution in [0.25, 0.3) is 0 Å². The Bertz CT molecular complexity index is 148. The third kappa shape index (κ3) is 5.35. The molecule has 1 aliphatic rings. The standard InChI is InChI=1S/C11H20OS/c12-11(13)9-5-8-10-6-3-1-2-4-7-10/h10H,1-9H2,(H,12,13). The van der Waals surface area contributed by atoms with Gasteiger partial charge < -0.3 is 0 Å². The molecule has 0 N–H and O–H groups in total. The summed E-state index contributed by atoms with van der Waals surface area (Å²) in [5, 5.41) is 0.0496. The molecule has 1 fully saturated rings. The van der Waals surface area contributed by atoms with E-state index in [1.165, 1.54) is 44.9 Å². The molecule has 0 atom stereocenters. The third-order valence-electron chi connectivity index (χ3n) is 2.98. The zero-order chi connectivity index (χ0) is 9.52. The molecule has 0 unspecified atom stereocenters. The number of rotatable bonds is 4. The Morgan fingerprint density at radius 2 is 1.77 bits per heavy atom. The van der Waals surface area contributed by atoms with Crippen LogP contribution in [-0.2, 0) is 4.79 Å². The van der Waals surface area contributed by atoms with Crippen LogP contribution < -0.4 is 0 Å². The van der Waals surface area contributed by atoms with Crippen molar-refractivity contribution in [2.75, 3.05) is 0 Å². The summed E-state index contributed by atoms with van der Waals surface area (Å²) >= 11 is 3.78. The lowest BCUT2D eigenvalue weighted by Gasteiger charge is -2.12. The van der Waals surface area contributed by atoms with Gasteiger partial charge in [0, 0.05) is 6.42 Å². The Morgan fingerprint density at radius 3 is 2.31 bits per heavy atom. The fourth-order valence-corrected chi connectivity index (χ4v) is 2.35. The molecule has 0 aromatic heterocycles. The van der Waals surface area contributed by atoms with Crippen LogP contribution in [0.3, 0.4) is 0 Å². The minimum atomic E-state index is 0.0496. The van der Waals surface area contributed by atoms with E-state index in [2.05, 4.69) is 12.6 Å². The SMILES string of the molecule is O=C(S)CCCC1CCCCCC1. The summed E-state index contributed by atoms with van der Waals surface area (Å²) in [6, 6.07) is 0. The molecular weight excluding hydrogens is 180 g/mol. The van der Waals surface area contributed by atoms with Crippen molar-refractivity contribution in [3.63, 3.8) is 0 Å². The highest BCUT2D eigenvalue weighted by atomic mass is 32.1. The van der Waals surface area contributed by atoms with E-state index in [1.54, 1.807) is 0 Å². The first kappa shape index (κ1) is 11.1. The predicted molar refractivity (Wildman–Crippen MR) is 59.0 cm³/mol. The summed E-state index contributed by atoms with van der Waals surface area (Å²) in [5.74, 6) is 0.898. The van der Waals surface area contributed by atoms with Gasteiger partial charge in [0.1, 0.15) is 0 Å². The van der Waals surface area contributed by atoms with Crippen LogP contribution >= 0.6 is 12.6 Å². The first-order valence-electron chi connectivity index (χ1n) is 5.51. The van der Waals surface area contributed by atoms with E-state index in [1.807, 2.05) is 0 Å². The maximum atomic E-state index is 10.6. The lowest BCUT2D eigenvalue weighted by Crippen LogP contribution is -1.99. The Kier molecular flexibility index (Phi) is 5.52. The van der Waals surface area contributed by atoms with E-state index in [0.29, 0.717) is 6.42 Å². The van der Waals surface area contributed by atoms with Crippen LogP contribution in [0, 0.1) is 5.92 Å². The van der Waals surface area contributed by atoms with E-state index < -0.39 is 0 Å². The van der Waals surface area contributed by atoms with Gasteiger partial charge >= 0.3 is 0 Å². The molecule has 13 heavy (non-hydrogen) atoms.